The third-order valence-electron chi connectivity index (χ3n) is 9.15. The Hall–Kier alpha value is -0.690. The van der Waals surface area contributed by atoms with Crippen molar-refractivity contribution in [1.82, 2.24) is 0 Å². The predicted octanol–water partition coefficient (Wildman–Crippen LogP) is 1.15. The third kappa shape index (κ3) is 1.99. The number of carboxylic acids is 1. The first-order valence-electron chi connectivity index (χ1n) is 9.98. The maximum atomic E-state index is 12.1. The summed E-state index contributed by atoms with van der Waals surface area (Å²) in [6.07, 6.45) is 2.10. The Morgan fingerprint density at radius 2 is 1.85 bits per heavy atom. The largest absolute Gasteiger partial charge is 0.481 e. The van der Waals surface area contributed by atoms with Crippen molar-refractivity contribution in [3.63, 3.8) is 0 Å². The van der Waals surface area contributed by atoms with E-state index < -0.39 is 45.9 Å². The maximum Gasteiger partial charge on any atom is 0.309 e. The van der Waals surface area contributed by atoms with Crippen molar-refractivity contribution < 1.29 is 30.3 Å². The zero-order chi connectivity index (χ0) is 19.1. The average molecular weight is 368 g/mol. The molecule has 26 heavy (non-hydrogen) atoms. The molecule has 2 bridgehead atoms. The lowest BCUT2D eigenvalue weighted by Gasteiger charge is -2.66. The minimum atomic E-state index is -1.13. The van der Waals surface area contributed by atoms with Crippen LogP contribution in [0.1, 0.15) is 58.8 Å². The van der Waals surface area contributed by atoms with Crippen LogP contribution in [0.25, 0.3) is 0 Å². The van der Waals surface area contributed by atoms with E-state index in [1.165, 1.54) is 0 Å². The smallest absolute Gasteiger partial charge is 0.309 e. The summed E-state index contributed by atoms with van der Waals surface area (Å²) in [6, 6.07) is 0. The molecule has 0 amide bonds. The van der Waals surface area contributed by atoms with Gasteiger partial charge in [-0.2, -0.15) is 0 Å². The van der Waals surface area contributed by atoms with Crippen LogP contribution in [-0.2, 0) is 4.79 Å². The molecule has 0 radical (unpaired) electrons. The van der Waals surface area contributed by atoms with E-state index in [2.05, 4.69) is 6.92 Å². The highest BCUT2D eigenvalue weighted by molar-refractivity contribution is 5.75. The SMILES string of the molecule is CC1(C(=O)O)CCC[C@]2(C)[C@H]3CC[C@@]4(O)C[C@@]3(C[C@H]4CO)[C@@H](O)[C@@H](O)[C@@H]12. The Morgan fingerprint density at radius 3 is 2.46 bits per heavy atom. The molecular weight excluding hydrogens is 336 g/mol. The van der Waals surface area contributed by atoms with Gasteiger partial charge in [0, 0.05) is 23.9 Å². The molecular formula is C20H32O6. The zero-order valence-corrected chi connectivity index (χ0v) is 15.7. The Bertz CT molecular complexity index is 623. The minimum Gasteiger partial charge on any atom is -0.481 e. The molecule has 6 heteroatoms. The number of fused-ring (bicyclic) bond motifs is 3. The number of rotatable bonds is 2. The van der Waals surface area contributed by atoms with Crippen LogP contribution in [0.3, 0.4) is 0 Å². The summed E-state index contributed by atoms with van der Waals surface area (Å²) in [5.74, 6) is -1.65. The molecule has 0 saturated heterocycles. The summed E-state index contributed by atoms with van der Waals surface area (Å²) >= 11 is 0. The molecule has 4 rings (SSSR count). The van der Waals surface area contributed by atoms with Crippen LogP contribution in [0, 0.1) is 34.0 Å². The van der Waals surface area contributed by atoms with Crippen molar-refractivity contribution in [2.75, 3.05) is 6.61 Å². The van der Waals surface area contributed by atoms with Gasteiger partial charge in [0.2, 0.25) is 0 Å². The second-order valence-electron chi connectivity index (χ2n) is 10.2. The first-order valence-corrected chi connectivity index (χ1v) is 9.98. The second-order valence-corrected chi connectivity index (χ2v) is 10.2. The lowest BCUT2D eigenvalue weighted by molar-refractivity contribution is -0.260. The summed E-state index contributed by atoms with van der Waals surface area (Å²) in [6.45, 7) is 3.69. The molecule has 4 aliphatic rings. The van der Waals surface area contributed by atoms with Crippen LogP contribution in [-0.4, -0.2) is 55.9 Å². The summed E-state index contributed by atoms with van der Waals surface area (Å²) in [5.41, 5.74) is -3.07. The summed E-state index contributed by atoms with van der Waals surface area (Å²) in [5, 5.41) is 53.1. The third-order valence-corrected chi connectivity index (χ3v) is 9.15. The predicted molar refractivity (Wildman–Crippen MR) is 93.1 cm³/mol. The van der Waals surface area contributed by atoms with E-state index >= 15 is 0 Å². The van der Waals surface area contributed by atoms with Crippen molar-refractivity contribution in [3.8, 4) is 0 Å². The summed E-state index contributed by atoms with van der Waals surface area (Å²) in [7, 11) is 0. The molecule has 148 valence electrons. The average Bonchev–Trinajstić information content (AvgIpc) is 2.79. The Balaban J connectivity index is 1.83. The number of carbonyl (C=O) groups is 1. The van der Waals surface area contributed by atoms with Crippen LogP contribution in [0.5, 0.6) is 0 Å². The zero-order valence-electron chi connectivity index (χ0n) is 15.7. The number of aliphatic carboxylic acids is 1. The van der Waals surface area contributed by atoms with Crippen LogP contribution >= 0.6 is 0 Å². The highest BCUT2D eigenvalue weighted by Crippen LogP contribution is 2.72. The molecule has 1 unspecified atom stereocenters. The van der Waals surface area contributed by atoms with Gasteiger partial charge in [-0.3, -0.25) is 4.79 Å². The molecule has 0 aromatic rings. The molecule has 0 aliphatic heterocycles. The molecule has 9 atom stereocenters. The normalized spacial score (nSPS) is 58.8. The van der Waals surface area contributed by atoms with Gasteiger partial charge in [0.25, 0.3) is 0 Å². The standard InChI is InChI=1S/C20H32O6/c1-17-5-3-6-18(2,16(24)25)14(17)13(22)15(23)19-8-11(9-21)20(26,10-19)7-4-12(17)19/h11-15,21-23,26H,3-10H2,1-2H3,(H,24,25)/t11-,12+,13-,14+,15-,17+,18?,19+,20+/m0/s1. The van der Waals surface area contributed by atoms with Crippen LogP contribution in [0.2, 0.25) is 0 Å². The highest BCUT2D eigenvalue weighted by Gasteiger charge is 2.74. The van der Waals surface area contributed by atoms with Gasteiger partial charge < -0.3 is 25.5 Å². The van der Waals surface area contributed by atoms with Crippen molar-refractivity contribution >= 4 is 5.97 Å². The van der Waals surface area contributed by atoms with Gasteiger partial charge >= 0.3 is 5.97 Å². The Labute approximate surface area is 154 Å². The molecule has 5 N–H and O–H groups in total. The van der Waals surface area contributed by atoms with Crippen molar-refractivity contribution in [3.05, 3.63) is 0 Å². The van der Waals surface area contributed by atoms with Gasteiger partial charge in [-0.05, 0) is 56.8 Å². The van der Waals surface area contributed by atoms with Crippen LogP contribution in [0.15, 0.2) is 0 Å². The maximum absolute atomic E-state index is 12.1. The fraction of sp³-hybridized carbons (Fsp3) is 0.950. The molecule has 4 saturated carbocycles. The lowest BCUT2D eigenvalue weighted by atomic mass is 9.39. The van der Waals surface area contributed by atoms with Crippen molar-refractivity contribution in [2.24, 2.45) is 34.0 Å². The quantitative estimate of drug-likeness (QED) is 0.499. The number of carboxylic acid groups (broad SMARTS) is 1. The summed E-state index contributed by atoms with van der Waals surface area (Å²) < 4.78 is 0. The van der Waals surface area contributed by atoms with E-state index in [4.69, 9.17) is 0 Å². The molecule has 0 heterocycles. The number of hydrogen-bond acceptors (Lipinski definition) is 5. The second kappa shape index (κ2) is 5.43. The van der Waals surface area contributed by atoms with E-state index in [0.29, 0.717) is 32.1 Å². The molecule has 1 spiro atoms. The first kappa shape index (κ1) is 18.7. The highest BCUT2D eigenvalue weighted by atomic mass is 16.4. The topological polar surface area (TPSA) is 118 Å². The fourth-order valence-corrected chi connectivity index (χ4v) is 8.12. The minimum absolute atomic E-state index is 0.0502. The molecule has 0 aromatic heterocycles. The van der Waals surface area contributed by atoms with E-state index in [-0.39, 0.29) is 18.4 Å². The first-order chi connectivity index (χ1) is 12.0. The van der Waals surface area contributed by atoms with Gasteiger partial charge in [0.05, 0.1) is 23.2 Å². The van der Waals surface area contributed by atoms with Gasteiger partial charge in [0.15, 0.2) is 0 Å². The Kier molecular flexibility index (Phi) is 3.90. The van der Waals surface area contributed by atoms with Crippen LogP contribution in [0.4, 0.5) is 0 Å². The molecule has 6 nitrogen and oxygen atoms in total. The van der Waals surface area contributed by atoms with Gasteiger partial charge in [0.1, 0.15) is 0 Å². The number of aliphatic hydroxyl groups is 4. The Morgan fingerprint density at radius 1 is 1.15 bits per heavy atom. The molecule has 4 fully saturated rings. The van der Waals surface area contributed by atoms with Crippen LogP contribution < -0.4 is 0 Å². The monoisotopic (exact) mass is 368 g/mol. The van der Waals surface area contributed by atoms with E-state index in [1.54, 1.807) is 6.92 Å². The van der Waals surface area contributed by atoms with E-state index in [9.17, 15) is 30.3 Å². The van der Waals surface area contributed by atoms with Crippen molar-refractivity contribution in [1.29, 1.82) is 0 Å². The van der Waals surface area contributed by atoms with Gasteiger partial charge in [-0.25, -0.2) is 0 Å². The molecule has 4 aliphatic carbocycles. The fourth-order valence-electron chi connectivity index (χ4n) is 8.12. The molecule has 0 aromatic carbocycles. The lowest BCUT2D eigenvalue weighted by Crippen LogP contribution is -2.69. The number of aliphatic hydroxyl groups excluding tert-OH is 3. The van der Waals surface area contributed by atoms with E-state index in [0.717, 1.165) is 12.8 Å². The van der Waals surface area contributed by atoms with Gasteiger partial charge in [-0.15, -0.1) is 0 Å². The summed E-state index contributed by atoms with van der Waals surface area (Å²) in [4.78, 5) is 12.1. The van der Waals surface area contributed by atoms with Gasteiger partial charge in [-0.1, -0.05) is 13.3 Å². The van der Waals surface area contributed by atoms with E-state index in [1.807, 2.05) is 0 Å². The number of hydrogen-bond donors (Lipinski definition) is 5. The van der Waals surface area contributed by atoms with Crippen molar-refractivity contribution in [2.45, 2.75) is 76.6 Å².